The predicted octanol–water partition coefficient (Wildman–Crippen LogP) is 4.57. The van der Waals surface area contributed by atoms with Crippen molar-refractivity contribution in [2.24, 2.45) is 0 Å². The Morgan fingerprint density at radius 1 is 1.14 bits per heavy atom. The number of nitrogens with zero attached hydrogens (tertiary/aromatic N) is 2. The zero-order valence-corrected chi connectivity index (χ0v) is 21.2. The minimum absolute atomic E-state index is 0.000441. The Bertz CT molecular complexity index is 1060. The summed E-state index contributed by atoms with van der Waals surface area (Å²) in [5.74, 6) is -0.132. The monoisotopic (exact) mass is 521 g/mol. The van der Waals surface area contributed by atoms with Crippen molar-refractivity contribution in [3.05, 3.63) is 53.4 Å². The van der Waals surface area contributed by atoms with Gasteiger partial charge in [0.15, 0.2) is 5.60 Å². The molecule has 4 rings (SSSR count). The molecule has 2 amide bonds. The summed E-state index contributed by atoms with van der Waals surface area (Å²) < 4.78 is 44.5. The van der Waals surface area contributed by atoms with E-state index in [2.05, 4.69) is 10.3 Å². The first-order valence-electron chi connectivity index (χ1n) is 12.7. The van der Waals surface area contributed by atoms with E-state index in [9.17, 15) is 27.9 Å². The molecule has 0 spiro atoms. The van der Waals surface area contributed by atoms with Gasteiger partial charge in [-0.25, -0.2) is 4.79 Å². The minimum Gasteiger partial charge on any atom is -0.453 e. The number of carbonyl (C=O) groups is 2. The van der Waals surface area contributed by atoms with Crippen LogP contribution >= 0.6 is 0 Å². The first-order valence-corrected chi connectivity index (χ1v) is 12.7. The second-order valence-corrected chi connectivity index (χ2v) is 10.5. The molecule has 0 saturated heterocycles. The van der Waals surface area contributed by atoms with Crippen molar-refractivity contribution in [1.29, 1.82) is 0 Å². The molecule has 1 atom stereocenters. The number of hydrogen-bond donors (Lipinski definition) is 2. The molecule has 1 heterocycles. The molecule has 2 N–H and O–H groups in total. The standard InChI is InChI=1S/C27H34F3N3O4/c1-25(36,27(28,29)30)19-8-6-18(7-9-19)23(34)33(20-10-11-20)21-12-14-26(15-13-21,17-32-24(35)37-2)22-5-3-4-16-31-22/h3-6,8,16,20-21,36H,7,9-15,17H2,1-2H3,(H,32,35)/t21?,25-,26?/m0/s1. The van der Waals surface area contributed by atoms with Crippen LogP contribution in [0.25, 0.3) is 0 Å². The van der Waals surface area contributed by atoms with Gasteiger partial charge < -0.3 is 20.1 Å². The van der Waals surface area contributed by atoms with Gasteiger partial charge in [-0.05, 0) is 76.0 Å². The van der Waals surface area contributed by atoms with Crippen LogP contribution in [0.1, 0.15) is 64.0 Å². The molecule has 2 saturated carbocycles. The maximum Gasteiger partial charge on any atom is 0.420 e. The fourth-order valence-electron chi connectivity index (χ4n) is 5.50. The highest BCUT2D eigenvalue weighted by molar-refractivity contribution is 5.94. The second kappa shape index (κ2) is 10.5. The average molecular weight is 522 g/mol. The van der Waals surface area contributed by atoms with Crippen LogP contribution in [-0.4, -0.2) is 64.5 Å². The first kappa shape index (κ1) is 27.2. The van der Waals surface area contributed by atoms with Crippen LogP contribution < -0.4 is 5.32 Å². The molecular weight excluding hydrogens is 487 g/mol. The molecule has 37 heavy (non-hydrogen) atoms. The third-order valence-electron chi connectivity index (χ3n) is 8.05. The Morgan fingerprint density at radius 3 is 2.32 bits per heavy atom. The van der Waals surface area contributed by atoms with Gasteiger partial charge in [0.1, 0.15) is 0 Å². The van der Waals surface area contributed by atoms with Crippen molar-refractivity contribution in [3.8, 4) is 0 Å². The number of methoxy groups -OCH3 is 1. The molecule has 0 radical (unpaired) electrons. The Morgan fingerprint density at radius 2 is 1.81 bits per heavy atom. The summed E-state index contributed by atoms with van der Waals surface area (Å²) >= 11 is 0. The third kappa shape index (κ3) is 5.68. The lowest BCUT2D eigenvalue weighted by molar-refractivity contribution is -0.237. The topological polar surface area (TPSA) is 91.8 Å². The maximum absolute atomic E-state index is 13.6. The molecule has 3 aliphatic carbocycles. The van der Waals surface area contributed by atoms with E-state index < -0.39 is 17.9 Å². The number of alkyl halides is 3. The number of aromatic nitrogens is 1. The Labute approximate surface area is 214 Å². The van der Waals surface area contributed by atoms with Gasteiger partial charge in [-0.3, -0.25) is 9.78 Å². The lowest BCUT2D eigenvalue weighted by Crippen LogP contribution is -2.50. The van der Waals surface area contributed by atoms with E-state index in [4.69, 9.17) is 4.74 Å². The smallest absolute Gasteiger partial charge is 0.420 e. The number of hydrogen-bond acceptors (Lipinski definition) is 5. The second-order valence-electron chi connectivity index (χ2n) is 10.5. The number of alkyl carbamates (subject to hydrolysis) is 1. The summed E-state index contributed by atoms with van der Waals surface area (Å²) in [6.07, 6.45) is 3.98. The van der Waals surface area contributed by atoms with E-state index in [-0.39, 0.29) is 41.8 Å². The fourth-order valence-corrected chi connectivity index (χ4v) is 5.50. The van der Waals surface area contributed by atoms with Crippen molar-refractivity contribution in [2.45, 2.75) is 87.6 Å². The quantitative estimate of drug-likeness (QED) is 0.549. The molecule has 0 aliphatic heterocycles. The van der Waals surface area contributed by atoms with Crippen molar-refractivity contribution in [2.75, 3.05) is 13.7 Å². The normalized spacial score (nSPS) is 25.8. The van der Waals surface area contributed by atoms with E-state index >= 15 is 0 Å². The van der Waals surface area contributed by atoms with Gasteiger partial charge in [0.2, 0.25) is 5.91 Å². The molecule has 0 aromatic carbocycles. The zero-order valence-electron chi connectivity index (χ0n) is 21.2. The van der Waals surface area contributed by atoms with E-state index in [1.807, 2.05) is 23.1 Å². The largest absolute Gasteiger partial charge is 0.453 e. The summed E-state index contributed by atoms with van der Waals surface area (Å²) in [6.45, 7) is 1.12. The van der Waals surface area contributed by atoms with Crippen LogP contribution in [0.15, 0.2) is 47.7 Å². The van der Waals surface area contributed by atoms with Gasteiger partial charge in [0, 0.05) is 41.5 Å². The van der Waals surface area contributed by atoms with Gasteiger partial charge in [-0.15, -0.1) is 0 Å². The van der Waals surface area contributed by atoms with Gasteiger partial charge >= 0.3 is 12.3 Å². The van der Waals surface area contributed by atoms with E-state index in [0.717, 1.165) is 38.3 Å². The average Bonchev–Trinajstić information content (AvgIpc) is 3.73. The van der Waals surface area contributed by atoms with Crippen LogP contribution in [0, 0.1) is 0 Å². The van der Waals surface area contributed by atoms with Gasteiger partial charge in [0.25, 0.3) is 0 Å². The molecule has 202 valence electrons. The van der Waals surface area contributed by atoms with Crippen LogP contribution in [0.2, 0.25) is 0 Å². The SMILES string of the molecule is COC(=O)NCC1(c2ccccn2)CCC(N(C(=O)C2=CC=C([C@](C)(O)C(F)(F)F)CC2)C2CC2)CC1. The van der Waals surface area contributed by atoms with E-state index in [1.54, 1.807) is 6.20 Å². The highest BCUT2D eigenvalue weighted by Crippen LogP contribution is 2.44. The minimum atomic E-state index is -4.78. The van der Waals surface area contributed by atoms with Crippen molar-refractivity contribution >= 4 is 12.0 Å². The fraction of sp³-hybridized carbons (Fsp3) is 0.593. The number of ether oxygens (including phenoxy) is 1. The molecule has 2 fully saturated rings. The van der Waals surface area contributed by atoms with Crippen molar-refractivity contribution in [3.63, 3.8) is 0 Å². The predicted molar refractivity (Wildman–Crippen MR) is 131 cm³/mol. The van der Waals surface area contributed by atoms with Crippen LogP contribution in [0.5, 0.6) is 0 Å². The number of rotatable bonds is 7. The number of nitrogens with one attached hydrogen (secondary N) is 1. The highest BCUT2D eigenvalue weighted by Gasteiger charge is 2.52. The Hall–Kier alpha value is -2.88. The summed E-state index contributed by atoms with van der Waals surface area (Å²) in [5, 5.41) is 12.8. The molecule has 0 unspecified atom stereocenters. The number of allylic oxidation sites excluding steroid dienone is 2. The lowest BCUT2D eigenvalue weighted by Gasteiger charge is -2.44. The van der Waals surface area contributed by atoms with Crippen LogP contribution in [0.3, 0.4) is 0 Å². The van der Waals surface area contributed by atoms with Crippen LogP contribution in [-0.2, 0) is 14.9 Å². The molecule has 1 aromatic rings. The number of halogens is 3. The van der Waals surface area contributed by atoms with Gasteiger partial charge in [-0.1, -0.05) is 18.2 Å². The number of pyridine rings is 1. The number of aliphatic hydroxyl groups is 1. The van der Waals surface area contributed by atoms with Crippen molar-refractivity contribution in [1.82, 2.24) is 15.2 Å². The third-order valence-corrected chi connectivity index (χ3v) is 8.05. The highest BCUT2D eigenvalue weighted by atomic mass is 19.4. The summed E-state index contributed by atoms with van der Waals surface area (Å²) in [5.41, 5.74) is -2.06. The Balaban J connectivity index is 1.50. The summed E-state index contributed by atoms with van der Waals surface area (Å²) in [6, 6.07) is 5.85. The Kier molecular flexibility index (Phi) is 7.69. The molecule has 1 aromatic heterocycles. The summed E-state index contributed by atoms with van der Waals surface area (Å²) in [7, 11) is 1.32. The van der Waals surface area contributed by atoms with Crippen molar-refractivity contribution < 1.29 is 32.6 Å². The lowest BCUT2D eigenvalue weighted by atomic mass is 9.69. The number of carbonyl (C=O) groups excluding carboxylic acids is 2. The molecule has 0 bridgehead atoms. The number of amides is 2. The molecule has 10 heteroatoms. The zero-order chi connectivity index (χ0) is 26.8. The van der Waals surface area contributed by atoms with E-state index in [1.165, 1.54) is 19.3 Å². The maximum atomic E-state index is 13.6. The van der Waals surface area contributed by atoms with E-state index in [0.29, 0.717) is 25.0 Å². The van der Waals surface area contributed by atoms with Gasteiger partial charge in [-0.2, -0.15) is 13.2 Å². The molecule has 3 aliphatic rings. The summed E-state index contributed by atoms with van der Waals surface area (Å²) in [4.78, 5) is 31.9. The first-order chi connectivity index (χ1) is 17.5. The molecular formula is C27H34F3N3O4. The molecule has 7 nitrogen and oxygen atoms in total. The van der Waals surface area contributed by atoms with Crippen LogP contribution in [0.4, 0.5) is 18.0 Å². The van der Waals surface area contributed by atoms with Gasteiger partial charge in [0.05, 0.1) is 7.11 Å².